The Morgan fingerprint density at radius 1 is 1.27 bits per heavy atom. The van der Waals surface area contributed by atoms with Crippen LogP contribution in [0.4, 0.5) is 10.5 Å². The molecular formula is C7H8N2O2. The summed E-state index contributed by atoms with van der Waals surface area (Å²) in [6.45, 7) is 0. The van der Waals surface area contributed by atoms with E-state index in [1.54, 1.807) is 24.3 Å². The Labute approximate surface area is 63.8 Å². The highest BCUT2D eigenvalue weighted by Gasteiger charge is 1.95. The molecule has 11 heavy (non-hydrogen) atoms. The zero-order valence-electron chi connectivity index (χ0n) is 5.74. The van der Waals surface area contributed by atoms with Crippen molar-refractivity contribution in [1.29, 1.82) is 0 Å². The van der Waals surface area contributed by atoms with Crippen LogP contribution >= 0.6 is 0 Å². The molecule has 0 unspecified atom stereocenters. The number of carbonyl (C=O) groups is 1. The van der Waals surface area contributed by atoms with E-state index in [0.29, 0.717) is 5.69 Å². The minimum Gasteiger partial charge on any atom is -0.306 e. The maximum atomic E-state index is 10.5. The van der Waals surface area contributed by atoms with Crippen LogP contribution < -0.4 is 10.8 Å². The molecule has 0 radical (unpaired) electrons. The van der Waals surface area contributed by atoms with Crippen molar-refractivity contribution in [3.05, 3.63) is 30.3 Å². The molecule has 1 rings (SSSR count). The summed E-state index contributed by atoms with van der Waals surface area (Å²) in [4.78, 5) is 10.5. The Morgan fingerprint density at radius 3 is 2.45 bits per heavy atom. The lowest BCUT2D eigenvalue weighted by atomic mass is 10.2. The van der Waals surface area contributed by atoms with Gasteiger partial charge in [0.1, 0.15) is 0 Å². The van der Waals surface area contributed by atoms with E-state index < -0.39 is 6.03 Å². The second-order valence-electron chi connectivity index (χ2n) is 1.93. The number of nitrogens with one attached hydrogen (secondary N) is 2. The molecule has 1 aromatic rings. The molecule has 4 heteroatoms. The third-order valence-corrected chi connectivity index (χ3v) is 1.13. The Kier molecular flexibility index (Phi) is 2.46. The average Bonchev–Trinajstić information content (AvgIpc) is 2.06. The van der Waals surface area contributed by atoms with Crippen molar-refractivity contribution in [3.8, 4) is 0 Å². The molecule has 0 spiro atoms. The number of hydroxylamine groups is 1. The van der Waals surface area contributed by atoms with Gasteiger partial charge in [0.15, 0.2) is 0 Å². The highest BCUT2D eigenvalue weighted by molar-refractivity contribution is 5.88. The van der Waals surface area contributed by atoms with Crippen molar-refractivity contribution < 1.29 is 10.0 Å². The molecule has 3 N–H and O–H groups in total. The van der Waals surface area contributed by atoms with E-state index in [2.05, 4.69) is 5.32 Å². The molecule has 0 bridgehead atoms. The molecule has 1 aromatic carbocycles. The smallest absolute Gasteiger partial charge is 0.306 e. The second-order valence-corrected chi connectivity index (χ2v) is 1.93. The van der Waals surface area contributed by atoms with E-state index >= 15 is 0 Å². The van der Waals surface area contributed by atoms with Gasteiger partial charge in [-0.2, -0.15) is 0 Å². The summed E-state index contributed by atoms with van der Waals surface area (Å²) in [5, 5.41) is 10.5. The minimum absolute atomic E-state index is 0.638. The van der Waals surface area contributed by atoms with E-state index in [0.717, 1.165) is 0 Å². The molecule has 0 aliphatic carbocycles. The standard InChI is InChI=1S/C7H8N2O2/c10-7(9-11)8-6-4-2-1-3-5-6/h1-5,11H,(H2,8,9,10)/i7-1. The topological polar surface area (TPSA) is 61.4 Å². The van der Waals surface area contributed by atoms with Crippen molar-refractivity contribution in [2.45, 2.75) is 0 Å². The largest absolute Gasteiger partial charge is 0.342 e. The maximum Gasteiger partial charge on any atom is 0.342 e. The summed E-state index contributed by atoms with van der Waals surface area (Å²) < 4.78 is 0. The predicted molar refractivity (Wildman–Crippen MR) is 40.4 cm³/mol. The number of amides is 2. The third-order valence-electron chi connectivity index (χ3n) is 1.13. The molecule has 0 aliphatic rings. The number of benzene rings is 1. The number of carbonyl (C=O) groups excluding carboxylic acids is 1. The lowest BCUT2D eigenvalue weighted by Gasteiger charge is -2.01. The molecule has 0 atom stereocenters. The van der Waals surface area contributed by atoms with Crippen LogP contribution in [0, 0.1) is 0 Å². The van der Waals surface area contributed by atoms with E-state index in [9.17, 15) is 4.79 Å². The van der Waals surface area contributed by atoms with Crippen LogP contribution in [0.25, 0.3) is 0 Å². The van der Waals surface area contributed by atoms with Gasteiger partial charge in [0, 0.05) is 5.69 Å². The molecule has 0 aliphatic heterocycles. The number of hydrogen-bond donors (Lipinski definition) is 3. The normalized spacial score (nSPS) is 8.82. The lowest BCUT2D eigenvalue weighted by Crippen LogP contribution is -2.24. The van der Waals surface area contributed by atoms with Crippen LogP contribution in [0.5, 0.6) is 0 Å². The fourth-order valence-corrected chi connectivity index (χ4v) is 0.681. The molecule has 0 aromatic heterocycles. The molecule has 0 fully saturated rings. The second kappa shape index (κ2) is 3.58. The molecule has 2 amide bonds. The molecule has 0 saturated heterocycles. The summed E-state index contributed by atoms with van der Waals surface area (Å²) >= 11 is 0. The molecular weight excluding hydrogens is 143 g/mol. The Bertz CT molecular complexity index is 235. The summed E-state index contributed by atoms with van der Waals surface area (Å²) in [5.74, 6) is 0. The van der Waals surface area contributed by atoms with Gasteiger partial charge in [-0.3, -0.25) is 5.21 Å². The van der Waals surface area contributed by atoms with Crippen LogP contribution in [-0.4, -0.2) is 11.2 Å². The van der Waals surface area contributed by atoms with E-state index in [-0.39, 0.29) is 0 Å². The molecule has 0 saturated carbocycles. The quantitative estimate of drug-likeness (QED) is 0.417. The first-order chi connectivity index (χ1) is 5.33. The molecule has 4 nitrogen and oxygen atoms in total. The van der Waals surface area contributed by atoms with Crippen LogP contribution in [0.3, 0.4) is 0 Å². The first kappa shape index (κ1) is 7.56. The first-order valence-electron chi connectivity index (χ1n) is 3.09. The number of urea groups is 1. The highest BCUT2D eigenvalue weighted by Crippen LogP contribution is 2.03. The Morgan fingerprint density at radius 2 is 1.91 bits per heavy atom. The van der Waals surface area contributed by atoms with Gasteiger partial charge in [0.2, 0.25) is 0 Å². The fourth-order valence-electron chi connectivity index (χ4n) is 0.681. The van der Waals surface area contributed by atoms with Gasteiger partial charge in [0.05, 0.1) is 0 Å². The van der Waals surface area contributed by atoms with Crippen molar-refractivity contribution in [1.82, 2.24) is 5.48 Å². The van der Waals surface area contributed by atoms with Crippen molar-refractivity contribution >= 4 is 11.7 Å². The SMILES string of the molecule is O=[11C](NO)Nc1ccccc1. The van der Waals surface area contributed by atoms with Gasteiger partial charge in [-0.25, -0.2) is 10.3 Å². The van der Waals surface area contributed by atoms with Gasteiger partial charge in [-0.15, -0.1) is 0 Å². The van der Waals surface area contributed by atoms with Crippen molar-refractivity contribution in [2.24, 2.45) is 0 Å². The number of hydrogen-bond acceptors (Lipinski definition) is 2. The summed E-state index contributed by atoms with van der Waals surface area (Å²) in [6.07, 6.45) is 0. The zero-order valence-corrected chi connectivity index (χ0v) is 5.74. The van der Waals surface area contributed by atoms with Crippen molar-refractivity contribution in [2.75, 3.05) is 5.32 Å². The minimum atomic E-state index is -0.642. The molecule has 58 valence electrons. The summed E-state index contributed by atoms with van der Waals surface area (Å²) in [7, 11) is 0. The van der Waals surface area contributed by atoms with E-state index in [4.69, 9.17) is 5.21 Å². The first-order valence-corrected chi connectivity index (χ1v) is 3.09. The number of para-hydroxylation sites is 1. The van der Waals surface area contributed by atoms with Gasteiger partial charge in [-0.1, -0.05) is 18.2 Å². The van der Waals surface area contributed by atoms with Gasteiger partial charge in [-0.05, 0) is 12.1 Å². The van der Waals surface area contributed by atoms with Crippen molar-refractivity contribution in [3.63, 3.8) is 0 Å². The fraction of sp³-hybridized carbons (Fsp3) is 0. The number of anilines is 1. The van der Waals surface area contributed by atoms with Gasteiger partial charge < -0.3 is 5.32 Å². The van der Waals surface area contributed by atoms with E-state index in [1.165, 1.54) is 5.48 Å². The Balaban J connectivity index is 2.58. The highest BCUT2D eigenvalue weighted by atomic mass is 16.5. The van der Waals surface area contributed by atoms with Crippen LogP contribution in [0.15, 0.2) is 30.3 Å². The van der Waals surface area contributed by atoms with Gasteiger partial charge >= 0.3 is 6.03 Å². The molecule has 0 heterocycles. The summed E-state index contributed by atoms with van der Waals surface area (Å²) in [5.41, 5.74) is 2.10. The average molecular weight is 151 g/mol. The van der Waals surface area contributed by atoms with Crippen LogP contribution in [0.2, 0.25) is 0 Å². The van der Waals surface area contributed by atoms with E-state index in [1.807, 2.05) is 6.07 Å². The van der Waals surface area contributed by atoms with Crippen LogP contribution in [-0.2, 0) is 0 Å². The summed E-state index contributed by atoms with van der Waals surface area (Å²) in [6, 6.07) is 8.20. The Hall–Kier alpha value is -1.55. The van der Waals surface area contributed by atoms with Crippen LogP contribution in [0.1, 0.15) is 0 Å². The monoisotopic (exact) mass is 151 g/mol. The zero-order chi connectivity index (χ0) is 8.10. The van der Waals surface area contributed by atoms with Gasteiger partial charge in [0.25, 0.3) is 0 Å². The predicted octanol–water partition coefficient (Wildman–Crippen LogP) is 1.20. The number of rotatable bonds is 1. The lowest BCUT2D eigenvalue weighted by molar-refractivity contribution is 0.172. The third kappa shape index (κ3) is 2.27. The maximum absolute atomic E-state index is 10.5.